The first-order valence-electron chi connectivity index (χ1n) is 4.96. The maximum Gasteiger partial charge on any atom is 0.220 e. The number of hydrogen-bond acceptors (Lipinski definition) is 2. The Labute approximate surface area is 81.1 Å². The smallest absolute Gasteiger partial charge is 0.220 e. The minimum atomic E-state index is 0.128. The van der Waals surface area contributed by atoms with Crippen molar-refractivity contribution in [1.82, 2.24) is 5.32 Å². The van der Waals surface area contributed by atoms with E-state index in [-0.39, 0.29) is 11.9 Å². The van der Waals surface area contributed by atoms with E-state index in [1.807, 2.05) is 27.7 Å². The van der Waals surface area contributed by atoms with Crippen molar-refractivity contribution >= 4 is 5.91 Å². The minimum absolute atomic E-state index is 0.128. The first-order chi connectivity index (χ1) is 5.97. The summed E-state index contributed by atoms with van der Waals surface area (Å²) in [6.45, 7) is 8.73. The zero-order chi connectivity index (χ0) is 10.4. The lowest BCUT2D eigenvalue weighted by molar-refractivity contribution is -0.122. The normalized spacial score (nSPS) is 15.5. The van der Waals surface area contributed by atoms with Crippen LogP contribution in [0.2, 0.25) is 0 Å². The summed E-state index contributed by atoms with van der Waals surface area (Å²) in [5, 5.41) is 2.94. The van der Waals surface area contributed by atoms with Crippen molar-refractivity contribution in [1.29, 1.82) is 0 Å². The third-order valence-corrected chi connectivity index (χ3v) is 2.21. The molecule has 0 fully saturated rings. The molecule has 1 amide bonds. The topological polar surface area (TPSA) is 55.1 Å². The van der Waals surface area contributed by atoms with Gasteiger partial charge in [-0.15, -0.1) is 0 Å². The molecule has 0 aliphatic carbocycles. The molecule has 0 aliphatic rings. The average molecular weight is 186 g/mol. The molecule has 0 heterocycles. The molecule has 0 rings (SSSR count). The Morgan fingerprint density at radius 1 is 1.31 bits per heavy atom. The number of amides is 1. The van der Waals surface area contributed by atoms with E-state index in [4.69, 9.17) is 5.73 Å². The van der Waals surface area contributed by atoms with Gasteiger partial charge in [0.2, 0.25) is 5.91 Å². The molecule has 2 unspecified atom stereocenters. The van der Waals surface area contributed by atoms with Gasteiger partial charge in [0.1, 0.15) is 0 Å². The predicted octanol–water partition coefficient (Wildman–Crippen LogP) is 1.13. The van der Waals surface area contributed by atoms with Gasteiger partial charge in [-0.25, -0.2) is 0 Å². The zero-order valence-corrected chi connectivity index (χ0v) is 9.13. The van der Waals surface area contributed by atoms with Gasteiger partial charge in [0, 0.05) is 12.5 Å². The molecule has 0 spiro atoms. The summed E-state index contributed by atoms with van der Waals surface area (Å²) in [5.74, 6) is 0.888. The summed E-state index contributed by atoms with van der Waals surface area (Å²) >= 11 is 0. The van der Waals surface area contributed by atoms with Crippen LogP contribution in [0.25, 0.3) is 0 Å². The minimum Gasteiger partial charge on any atom is -0.353 e. The van der Waals surface area contributed by atoms with Gasteiger partial charge in [0.05, 0.1) is 0 Å². The van der Waals surface area contributed by atoms with E-state index in [2.05, 4.69) is 5.32 Å². The van der Waals surface area contributed by atoms with E-state index in [0.29, 0.717) is 24.8 Å². The second kappa shape index (κ2) is 5.97. The standard InChI is InChI=1S/C10H22N2O/c1-7(2)5-10(13)12-9(4)8(3)6-11/h7-9H,5-6,11H2,1-4H3,(H,12,13). The van der Waals surface area contributed by atoms with Crippen LogP contribution in [0.4, 0.5) is 0 Å². The summed E-state index contributed by atoms with van der Waals surface area (Å²) in [7, 11) is 0. The van der Waals surface area contributed by atoms with Gasteiger partial charge < -0.3 is 11.1 Å². The van der Waals surface area contributed by atoms with Crippen molar-refractivity contribution in [3.63, 3.8) is 0 Å². The monoisotopic (exact) mass is 186 g/mol. The van der Waals surface area contributed by atoms with Crippen LogP contribution in [0.5, 0.6) is 0 Å². The van der Waals surface area contributed by atoms with Gasteiger partial charge in [-0.3, -0.25) is 4.79 Å². The second-order valence-corrected chi connectivity index (χ2v) is 4.17. The Morgan fingerprint density at radius 3 is 2.23 bits per heavy atom. The molecule has 0 radical (unpaired) electrons. The highest BCUT2D eigenvalue weighted by Gasteiger charge is 2.13. The van der Waals surface area contributed by atoms with Crippen LogP contribution in [-0.4, -0.2) is 18.5 Å². The summed E-state index contributed by atoms with van der Waals surface area (Å²) in [4.78, 5) is 11.3. The van der Waals surface area contributed by atoms with E-state index >= 15 is 0 Å². The van der Waals surface area contributed by atoms with Gasteiger partial charge in [-0.05, 0) is 25.3 Å². The lowest BCUT2D eigenvalue weighted by atomic mass is 10.0. The number of hydrogen-bond donors (Lipinski definition) is 2. The Hall–Kier alpha value is -0.570. The molecular formula is C10H22N2O. The highest BCUT2D eigenvalue weighted by Crippen LogP contribution is 2.03. The van der Waals surface area contributed by atoms with Crippen molar-refractivity contribution in [2.75, 3.05) is 6.54 Å². The molecule has 3 N–H and O–H groups in total. The van der Waals surface area contributed by atoms with Gasteiger partial charge in [0.25, 0.3) is 0 Å². The molecule has 3 nitrogen and oxygen atoms in total. The fourth-order valence-corrected chi connectivity index (χ4v) is 1.03. The zero-order valence-electron chi connectivity index (χ0n) is 9.13. The van der Waals surface area contributed by atoms with E-state index in [0.717, 1.165) is 0 Å². The van der Waals surface area contributed by atoms with Crippen LogP contribution in [0.15, 0.2) is 0 Å². The summed E-state index contributed by atoms with van der Waals surface area (Å²) < 4.78 is 0. The lowest BCUT2D eigenvalue weighted by Gasteiger charge is -2.20. The Bertz CT molecular complexity index is 157. The first-order valence-corrected chi connectivity index (χ1v) is 4.96. The van der Waals surface area contributed by atoms with E-state index in [9.17, 15) is 4.79 Å². The van der Waals surface area contributed by atoms with Gasteiger partial charge in [-0.1, -0.05) is 20.8 Å². The SMILES string of the molecule is CC(C)CC(=O)NC(C)C(C)CN. The number of rotatable bonds is 5. The molecule has 78 valence electrons. The van der Waals surface area contributed by atoms with E-state index < -0.39 is 0 Å². The van der Waals surface area contributed by atoms with Crippen molar-refractivity contribution in [3.8, 4) is 0 Å². The Balaban J connectivity index is 3.77. The second-order valence-electron chi connectivity index (χ2n) is 4.17. The fourth-order valence-electron chi connectivity index (χ4n) is 1.03. The lowest BCUT2D eigenvalue weighted by Crippen LogP contribution is -2.40. The number of carbonyl (C=O) groups is 1. The molecule has 0 aromatic heterocycles. The van der Waals surface area contributed by atoms with Gasteiger partial charge in [0.15, 0.2) is 0 Å². The Kier molecular flexibility index (Phi) is 5.71. The number of nitrogens with two attached hydrogens (primary N) is 1. The maximum absolute atomic E-state index is 11.3. The first kappa shape index (κ1) is 12.4. The average Bonchev–Trinajstić information content (AvgIpc) is 2.01. The van der Waals surface area contributed by atoms with Gasteiger partial charge in [-0.2, -0.15) is 0 Å². The van der Waals surface area contributed by atoms with Crippen LogP contribution in [0.1, 0.15) is 34.1 Å². The van der Waals surface area contributed by atoms with E-state index in [1.54, 1.807) is 0 Å². The highest BCUT2D eigenvalue weighted by atomic mass is 16.1. The van der Waals surface area contributed by atoms with Gasteiger partial charge >= 0.3 is 0 Å². The van der Waals surface area contributed by atoms with Crippen LogP contribution in [0.3, 0.4) is 0 Å². The maximum atomic E-state index is 11.3. The molecule has 13 heavy (non-hydrogen) atoms. The molecule has 3 heteroatoms. The molecule has 0 aromatic carbocycles. The predicted molar refractivity (Wildman–Crippen MR) is 55.3 cm³/mol. The third kappa shape index (κ3) is 5.64. The molecule has 0 aliphatic heterocycles. The molecular weight excluding hydrogens is 164 g/mol. The quantitative estimate of drug-likeness (QED) is 0.676. The summed E-state index contributed by atoms with van der Waals surface area (Å²) in [6.07, 6.45) is 0.599. The fraction of sp³-hybridized carbons (Fsp3) is 0.900. The van der Waals surface area contributed by atoms with Crippen LogP contribution < -0.4 is 11.1 Å². The molecule has 0 aromatic rings. The van der Waals surface area contributed by atoms with Crippen molar-refractivity contribution in [2.24, 2.45) is 17.6 Å². The van der Waals surface area contributed by atoms with Crippen LogP contribution >= 0.6 is 0 Å². The summed E-state index contributed by atoms with van der Waals surface area (Å²) in [6, 6.07) is 0.177. The largest absolute Gasteiger partial charge is 0.353 e. The molecule has 0 bridgehead atoms. The van der Waals surface area contributed by atoms with Crippen molar-refractivity contribution in [3.05, 3.63) is 0 Å². The third-order valence-electron chi connectivity index (χ3n) is 2.21. The van der Waals surface area contributed by atoms with Crippen molar-refractivity contribution < 1.29 is 4.79 Å². The number of carbonyl (C=O) groups excluding carboxylic acids is 1. The van der Waals surface area contributed by atoms with Crippen molar-refractivity contribution in [2.45, 2.75) is 40.2 Å². The number of nitrogens with one attached hydrogen (secondary N) is 1. The molecule has 0 saturated carbocycles. The van der Waals surface area contributed by atoms with Crippen LogP contribution in [-0.2, 0) is 4.79 Å². The molecule has 2 atom stereocenters. The van der Waals surface area contributed by atoms with E-state index in [1.165, 1.54) is 0 Å². The highest BCUT2D eigenvalue weighted by molar-refractivity contribution is 5.76. The van der Waals surface area contributed by atoms with Crippen LogP contribution in [0, 0.1) is 11.8 Å². The summed E-state index contributed by atoms with van der Waals surface area (Å²) in [5.41, 5.74) is 5.50. The molecule has 0 saturated heterocycles. The Morgan fingerprint density at radius 2 is 1.85 bits per heavy atom.